The van der Waals surface area contributed by atoms with Crippen LogP contribution in [0.1, 0.15) is 18.4 Å². The molecule has 0 aliphatic carbocycles. The summed E-state index contributed by atoms with van der Waals surface area (Å²) in [6.07, 6.45) is 4.22. The highest BCUT2D eigenvalue weighted by molar-refractivity contribution is 7.17. The summed E-state index contributed by atoms with van der Waals surface area (Å²) < 4.78 is 1.38. The summed E-state index contributed by atoms with van der Waals surface area (Å²) in [6.45, 7) is 3.23. The fourth-order valence-electron chi connectivity index (χ4n) is 3.57. The van der Waals surface area contributed by atoms with Crippen LogP contribution in [-0.4, -0.2) is 48.1 Å². The first-order valence-corrected chi connectivity index (χ1v) is 10.0. The zero-order valence-corrected chi connectivity index (χ0v) is 16.2. The molecule has 0 amide bonds. The molecule has 0 saturated carbocycles. The average molecular weight is 368 g/mol. The van der Waals surface area contributed by atoms with Crippen molar-refractivity contribution in [2.45, 2.75) is 25.4 Å². The fraction of sp³-hybridized carbons (Fsp3) is 0.400. The van der Waals surface area contributed by atoms with E-state index in [9.17, 15) is 0 Å². The van der Waals surface area contributed by atoms with Crippen molar-refractivity contribution >= 4 is 33.2 Å². The zero-order chi connectivity index (χ0) is 17.9. The number of hydrogen-bond donors (Lipinski definition) is 1. The van der Waals surface area contributed by atoms with E-state index in [2.05, 4.69) is 49.8 Å². The Morgan fingerprint density at radius 3 is 3.04 bits per heavy atom. The molecule has 2 aromatic heterocycles. The number of likely N-dealkylation sites (tertiary alicyclic amines) is 1. The van der Waals surface area contributed by atoms with Gasteiger partial charge in [0.05, 0.1) is 0 Å². The number of aromatic nitrogens is 2. The van der Waals surface area contributed by atoms with E-state index in [1.54, 1.807) is 0 Å². The van der Waals surface area contributed by atoms with Gasteiger partial charge in [0.25, 0.3) is 0 Å². The Morgan fingerprint density at radius 2 is 2.15 bits per heavy atom. The molecule has 5 nitrogen and oxygen atoms in total. The molecule has 4 rings (SSSR count). The normalized spacial score (nSPS) is 18.2. The minimum absolute atomic E-state index is 0.429. The van der Waals surface area contributed by atoms with Crippen LogP contribution in [-0.2, 0) is 6.54 Å². The lowest BCUT2D eigenvalue weighted by molar-refractivity contribution is 0.209. The van der Waals surface area contributed by atoms with E-state index in [1.807, 2.05) is 42.6 Å². The molecule has 1 unspecified atom stereocenters. The van der Waals surface area contributed by atoms with Crippen LogP contribution in [0.4, 0.5) is 11.8 Å². The van der Waals surface area contributed by atoms with Crippen molar-refractivity contribution in [2.24, 2.45) is 0 Å². The van der Waals surface area contributed by atoms with Crippen LogP contribution in [0, 0.1) is 0 Å². The molecule has 1 aliphatic rings. The summed E-state index contributed by atoms with van der Waals surface area (Å²) in [6, 6.07) is 11.1. The first-order chi connectivity index (χ1) is 12.7. The number of nitrogens with zero attached hydrogens (tertiary/aromatic N) is 4. The number of thiophene rings is 1. The van der Waals surface area contributed by atoms with Crippen molar-refractivity contribution in [3.05, 3.63) is 47.5 Å². The maximum Gasteiger partial charge on any atom is 0.226 e. The van der Waals surface area contributed by atoms with Gasteiger partial charge in [0.1, 0.15) is 5.82 Å². The lowest BCUT2D eigenvalue weighted by Gasteiger charge is -2.33. The molecule has 26 heavy (non-hydrogen) atoms. The molecule has 3 aromatic rings. The Labute approximate surface area is 158 Å². The van der Waals surface area contributed by atoms with Gasteiger partial charge in [-0.25, -0.2) is 4.98 Å². The topological polar surface area (TPSA) is 44.3 Å². The minimum Gasteiger partial charge on any atom is -0.366 e. The first kappa shape index (κ1) is 17.2. The zero-order valence-electron chi connectivity index (χ0n) is 15.4. The highest BCUT2D eigenvalue weighted by atomic mass is 32.1. The molecule has 1 saturated heterocycles. The molecular weight excluding hydrogens is 342 g/mol. The van der Waals surface area contributed by atoms with Crippen molar-refractivity contribution in [3.8, 4) is 0 Å². The Hall–Kier alpha value is -2.18. The van der Waals surface area contributed by atoms with E-state index in [4.69, 9.17) is 0 Å². The molecule has 0 bridgehead atoms. The van der Waals surface area contributed by atoms with Gasteiger partial charge in [0.2, 0.25) is 5.95 Å². The average Bonchev–Trinajstić information content (AvgIpc) is 3.05. The van der Waals surface area contributed by atoms with E-state index in [0.717, 1.165) is 31.4 Å². The van der Waals surface area contributed by atoms with Crippen LogP contribution in [0.5, 0.6) is 0 Å². The predicted octanol–water partition coefficient (Wildman–Crippen LogP) is 3.83. The number of fused-ring (bicyclic) bond motifs is 1. The van der Waals surface area contributed by atoms with Crippen molar-refractivity contribution in [2.75, 3.05) is 37.4 Å². The molecule has 136 valence electrons. The number of hydrogen-bond acceptors (Lipinski definition) is 6. The van der Waals surface area contributed by atoms with Gasteiger partial charge < -0.3 is 10.2 Å². The second-order valence-corrected chi connectivity index (χ2v) is 8.02. The second-order valence-electron chi connectivity index (χ2n) is 7.11. The van der Waals surface area contributed by atoms with Crippen LogP contribution in [0.15, 0.2) is 41.9 Å². The van der Waals surface area contributed by atoms with Gasteiger partial charge in [-0.1, -0.05) is 18.2 Å². The minimum atomic E-state index is 0.429. The molecule has 0 spiro atoms. The largest absolute Gasteiger partial charge is 0.366 e. The molecule has 1 fully saturated rings. The predicted molar refractivity (Wildman–Crippen MR) is 110 cm³/mol. The summed E-state index contributed by atoms with van der Waals surface area (Å²) in [4.78, 5) is 13.4. The van der Waals surface area contributed by atoms with Crippen LogP contribution in [0.2, 0.25) is 0 Å². The van der Waals surface area contributed by atoms with Gasteiger partial charge in [-0.3, -0.25) is 4.90 Å². The number of piperidine rings is 1. The smallest absolute Gasteiger partial charge is 0.226 e. The molecule has 0 radical (unpaired) electrons. The van der Waals surface area contributed by atoms with Crippen molar-refractivity contribution < 1.29 is 0 Å². The molecule has 1 atom stereocenters. The second kappa shape index (κ2) is 7.60. The Balaban J connectivity index is 1.42. The third-order valence-corrected chi connectivity index (χ3v) is 5.87. The third-order valence-electron chi connectivity index (χ3n) is 4.86. The standard InChI is InChI=1S/C20H25N5S/c1-24(2)20-21-10-9-19(23-20)22-16-6-5-11-25(13-16)12-15-14-26-18-8-4-3-7-17(15)18/h3-4,7-10,14,16H,5-6,11-13H2,1-2H3,(H,21,22,23). The number of nitrogens with one attached hydrogen (secondary N) is 1. The number of anilines is 2. The van der Waals surface area contributed by atoms with E-state index < -0.39 is 0 Å². The van der Waals surface area contributed by atoms with Crippen molar-refractivity contribution in [1.82, 2.24) is 14.9 Å². The molecule has 6 heteroatoms. The quantitative estimate of drug-likeness (QED) is 0.742. The van der Waals surface area contributed by atoms with Crippen molar-refractivity contribution in [1.29, 1.82) is 0 Å². The molecule has 1 aliphatic heterocycles. The molecule has 3 heterocycles. The van der Waals surface area contributed by atoms with E-state index in [1.165, 1.54) is 28.5 Å². The van der Waals surface area contributed by atoms with E-state index in [-0.39, 0.29) is 0 Å². The lowest BCUT2D eigenvalue weighted by atomic mass is 10.0. The fourth-order valence-corrected chi connectivity index (χ4v) is 4.52. The highest BCUT2D eigenvalue weighted by Crippen LogP contribution is 2.27. The summed E-state index contributed by atoms with van der Waals surface area (Å²) in [5.41, 5.74) is 1.45. The maximum absolute atomic E-state index is 4.59. The van der Waals surface area contributed by atoms with Gasteiger partial charge >= 0.3 is 0 Å². The van der Waals surface area contributed by atoms with Crippen LogP contribution < -0.4 is 10.2 Å². The highest BCUT2D eigenvalue weighted by Gasteiger charge is 2.21. The van der Waals surface area contributed by atoms with Gasteiger partial charge in [-0.2, -0.15) is 4.98 Å². The Morgan fingerprint density at radius 1 is 1.27 bits per heavy atom. The van der Waals surface area contributed by atoms with Crippen LogP contribution in [0.25, 0.3) is 10.1 Å². The summed E-state index contributed by atoms with van der Waals surface area (Å²) in [5.74, 6) is 1.66. The summed E-state index contributed by atoms with van der Waals surface area (Å²) >= 11 is 1.85. The van der Waals surface area contributed by atoms with E-state index in [0.29, 0.717) is 6.04 Å². The number of benzene rings is 1. The van der Waals surface area contributed by atoms with Gasteiger partial charge in [0, 0.05) is 44.1 Å². The monoisotopic (exact) mass is 367 g/mol. The maximum atomic E-state index is 4.59. The molecule has 1 N–H and O–H groups in total. The molecule has 1 aromatic carbocycles. The van der Waals surface area contributed by atoms with E-state index >= 15 is 0 Å². The Kier molecular flexibility index (Phi) is 5.04. The summed E-state index contributed by atoms with van der Waals surface area (Å²) in [7, 11) is 3.93. The molecular formula is C20H25N5S. The van der Waals surface area contributed by atoms with Gasteiger partial charge in [0.15, 0.2) is 0 Å². The SMILES string of the molecule is CN(C)c1nccc(NC2CCCN(Cc3csc4ccccc34)C2)n1. The third kappa shape index (κ3) is 3.81. The lowest BCUT2D eigenvalue weighted by Crippen LogP contribution is -2.41. The van der Waals surface area contributed by atoms with Gasteiger partial charge in [-0.15, -0.1) is 11.3 Å². The van der Waals surface area contributed by atoms with Gasteiger partial charge in [-0.05, 0) is 47.8 Å². The first-order valence-electron chi connectivity index (χ1n) is 9.13. The Bertz CT molecular complexity index is 875. The number of rotatable bonds is 5. The van der Waals surface area contributed by atoms with Crippen LogP contribution in [0.3, 0.4) is 0 Å². The summed E-state index contributed by atoms with van der Waals surface area (Å²) in [5, 5.41) is 7.32. The van der Waals surface area contributed by atoms with Crippen LogP contribution >= 0.6 is 11.3 Å². The van der Waals surface area contributed by atoms with Crippen molar-refractivity contribution in [3.63, 3.8) is 0 Å².